The van der Waals surface area contributed by atoms with Crippen LogP contribution in [0.15, 0.2) is 51.1 Å². The van der Waals surface area contributed by atoms with Crippen LogP contribution in [-0.2, 0) is 13.6 Å². The fourth-order valence-electron chi connectivity index (χ4n) is 3.90. The minimum absolute atomic E-state index is 0.350. The van der Waals surface area contributed by atoms with Gasteiger partial charge in [0.25, 0.3) is 5.56 Å². The predicted octanol–water partition coefficient (Wildman–Crippen LogP) is 5.07. The Morgan fingerprint density at radius 1 is 1.06 bits per heavy atom. The molecule has 34 heavy (non-hydrogen) atoms. The highest BCUT2D eigenvalue weighted by Gasteiger charge is 2.17. The number of allylic oxidation sites excluding steroid dienone is 1. The molecule has 182 valence electrons. The highest BCUT2D eigenvalue weighted by molar-refractivity contribution is 5.96. The van der Waals surface area contributed by atoms with Gasteiger partial charge in [0, 0.05) is 13.6 Å². The summed E-state index contributed by atoms with van der Waals surface area (Å²) >= 11 is 0. The Kier molecular flexibility index (Phi) is 9.43. The highest BCUT2D eigenvalue weighted by Crippen LogP contribution is 2.18. The molecule has 0 amide bonds. The van der Waals surface area contributed by atoms with Crippen molar-refractivity contribution in [3.63, 3.8) is 0 Å². The average Bonchev–Trinajstić information content (AvgIpc) is 3.21. The molecule has 2 N–H and O–H groups in total. The Morgan fingerprint density at radius 2 is 1.74 bits per heavy atom. The number of aromatic nitrogens is 4. The Morgan fingerprint density at radius 3 is 2.44 bits per heavy atom. The van der Waals surface area contributed by atoms with Crippen LogP contribution in [0.4, 0.5) is 5.95 Å². The van der Waals surface area contributed by atoms with Gasteiger partial charge in [-0.15, -0.1) is 0 Å². The van der Waals surface area contributed by atoms with Gasteiger partial charge < -0.3 is 4.57 Å². The van der Waals surface area contributed by atoms with Gasteiger partial charge in [-0.3, -0.25) is 14.3 Å². The number of benzene rings is 1. The SMILES string of the molecule is CCCCCCCCCCn1c(NN=C(C)/C=C\c2ccccc2)nc2c1c(=O)[nH]c(=O)n2C. The number of hydrogen-bond donors (Lipinski definition) is 2. The number of rotatable bonds is 13. The summed E-state index contributed by atoms with van der Waals surface area (Å²) in [5, 5.41) is 4.43. The number of hydrogen-bond acceptors (Lipinski definition) is 5. The molecule has 0 bridgehead atoms. The minimum atomic E-state index is -0.480. The third kappa shape index (κ3) is 6.79. The summed E-state index contributed by atoms with van der Waals surface area (Å²) in [7, 11) is 1.61. The molecule has 0 unspecified atom stereocenters. The monoisotopic (exact) mass is 464 g/mol. The molecule has 0 saturated carbocycles. The molecule has 0 aliphatic rings. The molecule has 0 atom stereocenters. The number of imidazole rings is 1. The molecule has 0 fully saturated rings. The molecule has 8 heteroatoms. The van der Waals surface area contributed by atoms with E-state index in [9.17, 15) is 9.59 Å². The lowest BCUT2D eigenvalue weighted by molar-refractivity contribution is 0.549. The Bertz CT molecular complexity index is 1230. The van der Waals surface area contributed by atoms with E-state index in [1.807, 2.05) is 54.0 Å². The summed E-state index contributed by atoms with van der Waals surface area (Å²) < 4.78 is 3.19. The summed E-state index contributed by atoms with van der Waals surface area (Å²) in [5.41, 5.74) is 4.68. The topological polar surface area (TPSA) is 97.1 Å². The van der Waals surface area contributed by atoms with E-state index in [-0.39, 0.29) is 0 Å². The molecule has 2 aromatic heterocycles. The van der Waals surface area contributed by atoms with Crippen LogP contribution in [0.3, 0.4) is 0 Å². The molecule has 0 aliphatic carbocycles. The molecular weight excluding hydrogens is 428 g/mol. The number of anilines is 1. The summed E-state index contributed by atoms with van der Waals surface area (Å²) in [4.78, 5) is 31.6. The fourth-order valence-corrected chi connectivity index (χ4v) is 3.90. The van der Waals surface area contributed by atoms with Crippen molar-refractivity contribution in [1.29, 1.82) is 0 Å². The molecule has 2 heterocycles. The smallest absolute Gasteiger partial charge is 0.303 e. The molecule has 1 aromatic carbocycles. The maximum absolute atomic E-state index is 12.6. The Labute approximate surface area is 200 Å². The zero-order chi connectivity index (χ0) is 24.3. The summed E-state index contributed by atoms with van der Waals surface area (Å²) in [6, 6.07) is 9.99. The van der Waals surface area contributed by atoms with Crippen molar-refractivity contribution in [2.45, 2.75) is 71.8 Å². The summed E-state index contributed by atoms with van der Waals surface area (Å²) in [6.07, 6.45) is 13.5. The molecule has 0 spiro atoms. The largest absolute Gasteiger partial charge is 0.329 e. The van der Waals surface area contributed by atoms with Gasteiger partial charge in [-0.05, 0) is 25.0 Å². The minimum Gasteiger partial charge on any atom is -0.303 e. The third-order valence-corrected chi connectivity index (χ3v) is 5.89. The van der Waals surface area contributed by atoms with E-state index >= 15 is 0 Å². The first-order valence-electron chi connectivity index (χ1n) is 12.2. The standard InChI is InChI=1S/C26H36N6O2/c1-4-5-6-7-8-9-10-14-19-32-22-23(31(3)26(34)28-24(22)33)27-25(32)30-29-20(2)17-18-21-15-12-11-13-16-21/h11-13,15-18H,4-10,14,19H2,1-3H3,(H,27,30)(H,28,33,34)/b18-17-,29-20?. The number of nitrogens with zero attached hydrogens (tertiary/aromatic N) is 4. The van der Waals surface area contributed by atoms with Gasteiger partial charge in [0.1, 0.15) is 0 Å². The summed E-state index contributed by atoms with van der Waals surface area (Å²) in [6.45, 7) is 4.74. The number of nitrogens with one attached hydrogen (secondary N) is 2. The van der Waals surface area contributed by atoms with Crippen molar-refractivity contribution in [2.75, 3.05) is 5.43 Å². The first kappa shape index (κ1) is 25.2. The van der Waals surface area contributed by atoms with E-state index < -0.39 is 11.2 Å². The van der Waals surface area contributed by atoms with Crippen molar-refractivity contribution in [3.05, 3.63) is 62.8 Å². The van der Waals surface area contributed by atoms with Gasteiger partial charge in [0.2, 0.25) is 5.95 Å². The van der Waals surface area contributed by atoms with Gasteiger partial charge in [-0.1, -0.05) is 88.3 Å². The second-order valence-electron chi connectivity index (χ2n) is 8.66. The molecule has 8 nitrogen and oxygen atoms in total. The van der Waals surface area contributed by atoms with E-state index in [1.165, 1.54) is 43.1 Å². The first-order valence-corrected chi connectivity index (χ1v) is 12.2. The quantitative estimate of drug-likeness (QED) is 0.210. The zero-order valence-corrected chi connectivity index (χ0v) is 20.5. The van der Waals surface area contributed by atoms with Crippen molar-refractivity contribution < 1.29 is 0 Å². The number of unbranched alkanes of at least 4 members (excludes halogenated alkanes) is 7. The van der Waals surface area contributed by atoms with Gasteiger partial charge in [-0.2, -0.15) is 10.1 Å². The van der Waals surface area contributed by atoms with Crippen LogP contribution < -0.4 is 16.7 Å². The van der Waals surface area contributed by atoms with Crippen molar-refractivity contribution in [1.82, 2.24) is 19.1 Å². The predicted molar refractivity (Wildman–Crippen MR) is 140 cm³/mol. The van der Waals surface area contributed by atoms with Gasteiger partial charge in [0.15, 0.2) is 11.2 Å². The van der Waals surface area contributed by atoms with Crippen LogP contribution >= 0.6 is 0 Å². The van der Waals surface area contributed by atoms with E-state index in [1.54, 1.807) is 7.05 Å². The van der Waals surface area contributed by atoms with Gasteiger partial charge in [-0.25, -0.2) is 10.2 Å². The maximum atomic E-state index is 12.6. The van der Waals surface area contributed by atoms with Crippen LogP contribution in [0.1, 0.15) is 70.8 Å². The van der Waals surface area contributed by atoms with Crippen LogP contribution in [-0.4, -0.2) is 24.8 Å². The zero-order valence-electron chi connectivity index (χ0n) is 20.5. The van der Waals surface area contributed by atoms with Crippen LogP contribution in [0.2, 0.25) is 0 Å². The molecule has 0 radical (unpaired) electrons. The van der Waals surface area contributed by atoms with Crippen molar-refractivity contribution in [2.24, 2.45) is 12.1 Å². The molecule has 3 rings (SSSR count). The second kappa shape index (κ2) is 12.7. The van der Waals surface area contributed by atoms with E-state index in [4.69, 9.17) is 0 Å². The first-order chi connectivity index (χ1) is 16.5. The molecule has 0 saturated heterocycles. The lowest BCUT2D eigenvalue weighted by atomic mass is 10.1. The van der Waals surface area contributed by atoms with E-state index in [0.29, 0.717) is 23.7 Å². The van der Waals surface area contributed by atoms with Gasteiger partial charge in [0.05, 0.1) is 5.71 Å². The molecule has 0 aliphatic heterocycles. The number of fused-ring (bicyclic) bond motifs is 1. The van der Waals surface area contributed by atoms with Gasteiger partial charge >= 0.3 is 5.69 Å². The van der Waals surface area contributed by atoms with Crippen LogP contribution in [0.25, 0.3) is 17.2 Å². The van der Waals surface area contributed by atoms with Crippen LogP contribution in [0.5, 0.6) is 0 Å². The second-order valence-corrected chi connectivity index (χ2v) is 8.66. The number of H-pyrrole nitrogens is 1. The third-order valence-electron chi connectivity index (χ3n) is 5.89. The van der Waals surface area contributed by atoms with Crippen molar-refractivity contribution >= 4 is 28.9 Å². The lowest BCUT2D eigenvalue weighted by Crippen LogP contribution is -2.29. The summed E-state index contributed by atoms with van der Waals surface area (Å²) in [5.74, 6) is 0.456. The molecule has 3 aromatic rings. The average molecular weight is 465 g/mol. The number of aromatic amines is 1. The van der Waals surface area contributed by atoms with E-state index in [2.05, 4.69) is 27.4 Å². The Balaban J connectivity index is 1.75. The number of aryl methyl sites for hydroxylation is 2. The Hall–Kier alpha value is -3.42. The fraction of sp³-hybridized carbons (Fsp3) is 0.462. The van der Waals surface area contributed by atoms with Crippen LogP contribution in [0, 0.1) is 0 Å². The normalized spacial score (nSPS) is 12.1. The van der Waals surface area contributed by atoms with Crippen molar-refractivity contribution in [3.8, 4) is 0 Å². The highest BCUT2D eigenvalue weighted by atomic mass is 16.2. The molecular formula is C26H36N6O2. The lowest BCUT2D eigenvalue weighted by Gasteiger charge is -2.08. The maximum Gasteiger partial charge on any atom is 0.329 e. The van der Waals surface area contributed by atoms with E-state index in [0.717, 1.165) is 24.1 Å². The number of hydrazone groups is 1.